The smallest absolute Gasteiger partial charge is 0.246 e. The molecule has 0 saturated carbocycles. The van der Waals surface area contributed by atoms with E-state index in [2.05, 4.69) is 10.3 Å². The van der Waals surface area contributed by atoms with E-state index in [4.69, 9.17) is 10.2 Å². The fourth-order valence-electron chi connectivity index (χ4n) is 0.380. The van der Waals surface area contributed by atoms with E-state index in [-0.39, 0.29) is 25.0 Å². The third-order valence-corrected chi connectivity index (χ3v) is 1.18. The maximum atomic E-state index is 10.8. The van der Waals surface area contributed by atoms with Gasteiger partial charge in [0.15, 0.2) is 0 Å². The maximum Gasteiger partial charge on any atom is 0.246 e. The van der Waals surface area contributed by atoms with Crippen molar-refractivity contribution in [3.63, 3.8) is 0 Å². The summed E-state index contributed by atoms with van der Waals surface area (Å²) in [5.74, 6) is -0.406. The molecule has 0 rings (SSSR count). The largest absolute Gasteiger partial charge is 0.394 e. The fraction of sp³-hybridized carbons (Fsp3) is 0.857. The van der Waals surface area contributed by atoms with E-state index in [0.29, 0.717) is 0 Å². The highest BCUT2D eigenvalue weighted by atomic mass is 16.7. The minimum absolute atomic E-state index is 0.102. The quantitative estimate of drug-likeness (QED) is 0.473. The predicted octanol–water partition coefficient (Wildman–Crippen LogP) is -0.957. The van der Waals surface area contributed by atoms with Crippen molar-refractivity contribution in [2.45, 2.75) is 20.0 Å². The molecule has 1 amide bonds. The van der Waals surface area contributed by atoms with Crippen molar-refractivity contribution in [1.29, 1.82) is 0 Å². The molecule has 0 aromatic heterocycles. The number of hydroxylamine groups is 1. The minimum Gasteiger partial charge on any atom is -0.394 e. The van der Waals surface area contributed by atoms with Gasteiger partial charge in [0, 0.05) is 5.92 Å². The van der Waals surface area contributed by atoms with E-state index >= 15 is 0 Å². The van der Waals surface area contributed by atoms with Crippen LogP contribution in [0.1, 0.15) is 13.8 Å². The summed E-state index contributed by atoms with van der Waals surface area (Å²) in [5, 5.41) is 17.1. The van der Waals surface area contributed by atoms with Gasteiger partial charge in [-0.25, -0.2) is 5.48 Å². The molecule has 12 heavy (non-hydrogen) atoms. The predicted molar refractivity (Wildman–Crippen MR) is 42.0 cm³/mol. The number of nitrogens with one attached hydrogen (secondary N) is 1. The molecule has 3 N–H and O–H groups in total. The Morgan fingerprint density at radius 3 is 2.58 bits per heavy atom. The summed E-state index contributed by atoms with van der Waals surface area (Å²) in [6, 6.07) is 0. The minimum atomic E-state index is -0.947. The zero-order valence-electron chi connectivity index (χ0n) is 7.28. The van der Waals surface area contributed by atoms with Crippen LogP contribution in [-0.4, -0.2) is 35.4 Å². The molecule has 1 unspecified atom stereocenters. The zero-order chi connectivity index (χ0) is 9.56. The molecule has 0 aliphatic heterocycles. The van der Waals surface area contributed by atoms with E-state index in [9.17, 15) is 4.79 Å². The summed E-state index contributed by atoms with van der Waals surface area (Å²) in [7, 11) is 0. The van der Waals surface area contributed by atoms with Crippen molar-refractivity contribution >= 4 is 5.91 Å². The van der Waals surface area contributed by atoms with Gasteiger partial charge in [-0.2, -0.15) is 0 Å². The molecule has 0 radical (unpaired) electrons. The van der Waals surface area contributed by atoms with Gasteiger partial charge in [-0.05, 0) is 0 Å². The van der Waals surface area contributed by atoms with Gasteiger partial charge in [0.05, 0.1) is 6.61 Å². The number of amides is 1. The average molecular weight is 177 g/mol. The van der Waals surface area contributed by atoms with E-state index < -0.39 is 6.10 Å². The SMILES string of the molecule is CC(C)C(=O)NOCC(O)CO. The Kier molecular flexibility index (Phi) is 5.61. The molecule has 72 valence electrons. The monoisotopic (exact) mass is 177 g/mol. The molecule has 0 aromatic rings. The van der Waals surface area contributed by atoms with Crippen molar-refractivity contribution in [3.8, 4) is 0 Å². The van der Waals surface area contributed by atoms with Gasteiger partial charge < -0.3 is 10.2 Å². The number of aliphatic hydroxyl groups is 2. The molecule has 0 fully saturated rings. The molecule has 0 heterocycles. The number of carbonyl (C=O) groups is 1. The van der Waals surface area contributed by atoms with Crippen molar-refractivity contribution < 1.29 is 19.8 Å². The number of aliphatic hydroxyl groups excluding tert-OH is 2. The summed E-state index contributed by atoms with van der Waals surface area (Å²) < 4.78 is 0. The van der Waals surface area contributed by atoms with Crippen LogP contribution in [0.15, 0.2) is 0 Å². The van der Waals surface area contributed by atoms with Crippen LogP contribution in [0.5, 0.6) is 0 Å². The standard InChI is InChI=1S/C7H15NO4/c1-5(2)7(11)8-12-4-6(10)3-9/h5-6,9-10H,3-4H2,1-2H3,(H,8,11). The molecular formula is C7H15NO4. The fourth-order valence-corrected chi connectivity index (χ4v) is 0.380. The summed E-state index contributed by atoms with van der Waals surface area (Å²) >= 11 is 0. The van der Waals surface area contributed by atoms with Crippen molar-refractivity contribution in [1.82, 2.24) is 5.48 Å². The lowest BCUT2D eigenvalue weighted by molar-refractivity contribution is -0.139. The van der Waals surface area contributed by atoms with Crippen LogP contribution in [0.4, 0.5) is 0 Å². The molecule has 0 saturated heterocycles. The summed E-state index contributed by atoms with van der Waals surface area (Å²) in [6.07, 6.45) is -0.947. The molecule has 5 heteroatoms. The number of hydrogen-bond acceptors (Lipinski definition) is 4. The van der Waals surface area contributed by atoms with E-state index in [1.54, 1.807) is 13.8 Å². The van der Waals surface area contributed by atoms with Crippen LogP contribution < -0.4 is 5.48 Å². The topological polar surface area (TPSA) is 78.8 Å². The highest BCUT2D eigenvalue weighted by molar-refractivity contribution is 5.76. The lowest BCUT2D eigenvalue weighted by Crippen LogP contribution is -2.32. The lowest BCUT2D eigenvalue weighted by Gasteiger charge is -2.09. The van der Waals surface area contributed by atoms with Gasteiger partial charge in [0.2, 0.25) is 5.91 Å². The number of hydrogen-bond donors (Lipinski definition) is 3. The molecule has 0 bridgehead atoms. The first-order chi connectivity index (χ1) is 5.57. The maximum absolute atomic E-state index is 10.8. The van der Waals surface area contributed by atoms with E-state index in [1.807, 2.05) is 0 Å². The average Bonchev–Trinajstić information content (AvgIpc) is 2.03. The molecular weight excluding hydrogens is 162 g/mol. The molecule has 0 aromatic carbocycles. The van der Waals surface area contributed by atoms with Crippen LogP contribution >= 0.6 is 0 Å². The van der Waals surface area contributed by atoms with Crippen molar-refractivity contribution in [2.75, 3.05) is 13.2 Å². The molecule has 0 spiro atoms. The second-order valence-corrected chi connectivity index (χ2v) is 2.77. The highest BCUT2D eigenvalue weighted by Gasteiger charge is 2.07. The zero-order valence-corrected chi connectivity index (χ0v) is 7.28. The molecule has 1 atom stereocenters. The first-order valence-electron chi connectivity index (χ1n) is 3.78. The summed E-state index contributed by atoms with van der Waals surface area (Å²) in [6.45, 7) is 2.97. The Balaban J connectivity index is 3.37. The van der Waals surface area contributed by atoms with E-state index in [1.165, 1.54) is 0 Å². The lowest BCUT2D eigenvalue weighted by atomic mass is 10.2. The first kappa shape index (κ1) is 11.4. The molecule has 0 aliphatic rings. The summed E-state index contributed by atoms with van der Waals surface area (Å²) in [4.78, 5) is 15.4. The second kappa shape index (κ2) is 5.93. The normalized spacial score (nSPS) is 13.1. The van der Waals surface area contributed by atoms with Gasteiger partial charge >= 0.3 is 0 Å². The van der Waals surface area contributed by atoms with Gasteiger partial charge in [0.25, 0.3) is 0 Å². The number of carbonyl (C=O) groups excluding carboxylic acids is 1. The Labute approximate surface area is 71.3 Å². The van der Waals surface area contributed by atoms with Gasteiger partial charge in [-0.15, -0.1) is 0 Å². The van der Waals surface area contributed by atoms with Crippen LogP contribution in [0.25, 0.3) is 0 Å². The molecule has 0 aliphatic carbocycles. The molecule has 5 nitrogen and oxygen atoms in total. The first-order valence-corrected chi connectivity index (χ1v) is 3.78. The van der Waals surface area contributed by atoms with Gasteiger partial charge in [-0.3, -0.25) is 9.63 Å². The van der Waals surface area contributed by atoms with Gasteiger partial charge in [-0.1, -0.05) is 13.8 Å². The third-order valence-electron chi connectivity index (χ3n) is 1.18. The van der Waals surface area contributed by atoms with Crippen molar-refractivity contribution in [3.05, 3.63) is 0 Å². The second-order valence-electron chi connectivity index (χ2n) is 2.77. The summed E-state index contributed by atoms with van der Waals surface area (Å²) in [5.41, 5.74) is 2.14. The number of rotatable bonds is 5. The Bertz CT molecular complexity index is 137. The van der Waals surface area contributed by atoms with Crippen LogP contribution in [0.3, 0.4) is 0 Å². The third kappa shape index (κ3) is 5.06. The van der Waals surface area contributed by atoms with E-state index in [0.717, 1.165) is 0 Å². The highest BCUT2D eigenvalue weighted by Crippen LogP contribution is 1.90. The van der Waals surface area contributed by atoms with Crippen LogP contribution in [0.2, 0.25) is 0 Å². The Morgan fingerprint density at radius 1 is 1.58 bits per heavy atom. The van der Waals surface area contributed by atoms with Gasteiger partial charge in [0.1, 0.15) is 12.7 Å². The Morgan fingerprint density at radius 2 is 2.17 bits per heavy atom. The van der Waals surface area contributed by atoms with Crippen LogP contribution in [-0.2, 0) is 9.63 Å². The Hall–Kier alpha value is -0.650. The van der Waals surface area contributed by atoms with Crippen LogP contribution in [0, 0.1) is 5.92 Å². The van der Waals surface area contributed by atoms with Crippen molar-refractivity contribution in [2.24, 2.45) is 5.92 Å².